The topological polar surface area (TPSA) is 160 Å². The summed E-state index contributed by atoms with van der Waals surface area (Å²) in [6, 6.07) is 3.93. The normalized spacial score (nSPS) is 10.2. The zero-order chi connectivity index (χ0) is 13.3. The van der Waals surface area contributed by atoms with Gasteiger partial charge in [0.15, 0.2) is 5.82 Å². The Morgan fingerprint density at radius 2 is 1.67 bits per heavy atom. The summed E-state index contributed by atoms with van der Waals surface area (Å²) in [6.45, 7) is 0. The molecule has 1 heterocycles. The molecular formula is C9H9N7O2. The number of nitrogen functional groups attached to an aromatic ring is 3. The average molecular weight is 247 g/mol. The summed E-state index contributed by atoms with van der Waals surface area (Å²) in [7, 11) is 0. The van der Waals surface area contributed by atoms with E-state index < -0.39 is 4.92 Å². The number of nitro groups is 1. The van der Waals surface area contributed by atoms with Gasteiger partial charge >= 0.3 is 0 Å². The molecular weight excluding hydrogens is 238 g/mol. The number of nitro benzene ring substituents is 1. The van der Waals surface area contributed by atoms with Gasteiger partial charge in [-0.1, -0.05) is 0 Å². The highest BCUT2D eigenvalue weighted by Gasteiger charge is 2.14. The minimum Gasteiger partial charge on any atom is -0.398 e. The third kappa shape index (κ3) is 2.09. The second-order valence-corrected chi connectivity index (χ2v) is 3.40. The van der Waals surface area contributed by atoms with E-state index in [1.165, 1.54) is 18.2 Å². The molecule has 0 amide bonds. The quantitative estimate of drug-likeness (QED) is 0.385. The lowest BCUT2D eigenvalue weighted by molar-refractivity contribution is -0.384. The first-order chi connectivity index (χ1) is 8.47. The summed E-state index contributed by atoms with van der Waals surface area (Å²) in [6.07, 6.45) is 0. The Kier molecular flexibility index (Phi) is 2.64. The van der Waals surface area contributed by atoms with Crippen molar-refractivity contribution in [2.24, 2.45) is 0 Å². The molecule has 0 aliphatic rings. The Labute approximate surface area is 101 Å². The lowest BCUT2D eigenvalue weighted by atomic mass is 10.1. The van der Waals surface area contributed by atoms with Crippen molar-refractivity contribution in [1.29, 1.82) is 0 Å². The Morgan fingerprint density at radius 3 is 2.22 bits per heavy atom. The summed E-state index contributed by atoms with van der Waals surface area (Å²) in [5.41, 5.74) is 17.0. The van der Waals surface area contributed by atoms with E-state index in [-0.39, 0.29) is 34.7 Å². The van der Waals surface area contributed by atoms with E-state index >= 15 is 0 Å². The Morgan fingerprint density at radius 1 is 1.06 bits per heavy atom. The number of anilines is 3. The molecule has 0 aliphatic heterocycles. The maximum Gasteiger partial charge on any atom is 0.270 e. The summed E-state index contributed by atoms with van der Waals surface area (Å²) < 4.78 is 0. The second kappa shape index (κ2) is 4.13. The third-order valence-corrected chi connectivity index (χ3v) is 2.16. The Hall–Kier alpha value is -2.97. The average Bonchev–Trinajstić information content (AvgIpc) is 2.27. The standard InChI is InChI=1S/C9H9N7O2/c10-6-2-1-4(16(17)18)3-5(6)7-13-8(11)15-9(12)14-7/h1-3H,10H2,(H4,11,12,13,14,15). The van der Waals surface area contributed by atoms with Crippen LogP contribution in [0, 0.1) is 10.1 Å². The van der Waals surface area contributed by atoms with Crippen molar-refractivity contribution >= 4 is 23.3 Å². The van der Waals surface area contributed by atoms with Crippen LogP contribution in [-0.2, 0) is 0 Å². The molecule has 92 valence electrons. The summed E-state index contributed by atoms with van der Waals surface area (Å²) >= 11 is 0. The maximum absolute atomic E-state index is 10.7. The Bertz CT molecular complexity index is 608. The highest BCUT2D eigenvalue weighted by Crippen LogP contribution is 2.27. The van der Waals surface area contributed by atoms with Gasteiger partial charge in [0.25, 0.3) is 5.69 Å². The Balaban J connectivity index is 2.62. The monoisotopic (exact) mass is 247 g/mol. The fourth-order valence-corrected chi connectivity index (χ4v) is 1.38. The molecule has 0 saturated carbocycles. The molecule has 18 heavy (non-hydrogen) atoms. The number of benzene rings is 1. The van der Waals surface area contributed by atoms with Crippen molar-refractivity contribution in [3.63, 3.8) is 0 Å². The first-order valence-electron chi connectivity index (χ1n) is 4.78. The largest absolute Gasteiger partial charge is 0.398 e. The molecule has 9 nitrogen and oxygen atoms in total. The van der Waals surface area contributed by atoms with Gasteiger partial charge in [-0.3, -0.25) is 10.1 Å². The van der Waals surface area contributed by atoms with E-state index in [2.05, 4.69) is 15.0 Å². The van der Waals surface area contributed by atoms with Gasteiger partial charge in [-0.05, 0) is 6.07 Å². The van der Waals surface area contributed by atoms with Crippen molar-refractivity contribution < 1.29 is 4.92 Å². The summed E-state index contributed by atoms with van der Waals surface area (Å²) in [4.78, 5) is 21.4. The first kappa shape index (κ1) is 11.5. The maximum atomic E-state index is 10.7. The second-order valence-electron chi connectivity index (χ2n) is 3.40. The van der Waals surface area contributed by atoms with E-state index in [9.17, 15) is 10.1 Å². The minimum atomic E-state index is -0.545. The molecule has 6 N–H and O–H groups in total. The smallest absolute Gasteiger partial charge is 0.270 e. The zero-order valence-corrected chi connectivity index (χ0v) is 9.07. The first-order valence-corrected chi connectivity index (χ1v) is 4.78. The molecule has 2 rings (SSSR count). The number of nitrogens with two attached hydrogens (primary N) is 3. The van der Waals surface area contributed by atoms with E-state index in [4.69, 9.17) is 17.2 Å². The van der Waals surface area contributed by atoms with Crippen LogP contribution in [0.15, 0.2) is 18.2 Å². The van der Waals surface area contributed by atoms with Crippen molar-refractivity contribution in [3.8, 4) is 11.4 Å². The van der Waals surface area contributed by atoms with Crippen molar-refractivity contribution in [2.75, 3.05) is 17.2 Å². The molecule has 0 fully saturated rings. The number of hydrogen-bond donors (Lipinski definition) is 3. The molecule has 2 aromatic rings. The molecule has 0 atom stereocenters. The van der Waals surface area contributed by atoms with Gasteiger partial charge in [0, 0.05) is 23.4 Å². The van der Waals surface area contributed by atoms with E-state index in [1.807, 2.05) is 0 Å². The van der Waals surface area contributed by atoms with E-state index in [0.29, 0.717) is 0 Å². The van der Waals surface area contributed by atoms with Crippen LogP contribution in [0.25, 0.3) is 11.4 Å². The summed E-state index contributed by atoms with van der Waals surface area (Å²) in [5.74, 6) is -0.0620. The number of rotatable bonds is 2. The molecule has 0 aliphatic carbocycles. The molecule has 1 aromatic carbocycles. The van der Waals surface area contributed by atoms with Crippen LogP contribution >= 0.6 is 0 Å². The fraction of sp³-hybridized carbons (Fsp3) is 0. The van der Waals surface area contributed by atoms with Crippen LogP contribution in [0.3, 0.4) is 0 Å². The van der Waals surface area contributed by atoms with E-state index in [1.54, 1.807) is 0 Å². The van der Waals surface area contributed by atoms with Gasteiger partial charge in [0.1, 0.15) is 0 Å². The van der Waals surface area contributed by atoms with Crippen LogP contribution < -0.4 is 17.2 Å². The molecule has 0 bridgehead atoms. The van der Waals surface area contributed by atoms with Gasteiger partial charge in [0.05, 0.1) is 4.92 Å². The van der Waals surface area contributed by atoms with Crippen LogP contribution in [0.4, 0.5) is 23.3 Å². The van der Waals surface area contributed by atoms with Gasteiger partial charge < -0.3 is 17.2 Å². The highest BCUT2D eigenvalue weighted by molar-refractivity contribution is 5.74. The number of non-ortho nitro benzene ring substituents is 1. The molecule has 0 radical (unpaired) electrons. The van der Waals surface area contributed by atoms with Gasteiger partial charge in [-0.25, -0.2) is 0 Å². The fourth-order valence-electron chi connectivity index (χ4n) is 1.38. The van der Waals surface area contributed by atoms with Crippen LogP contribution in [-0.4, -0.2) is 19.9 Å². The van der Waals surface area contributed by atoms with E-state index in [0.717, 1.165) is 0 Å². The minimum absolute atomic E-state index is 0.0802. The predicted octanol–water partition coefficient (Wildman–Crippen LogP) is 0.193. The predicted molar refractivity (Wildman–Crippen MR) is 65.2 cm³/mol. The van der Waals surface area contributed by atoms with Crippen molar-refractivity contribution in [3.05, 3.63) is 28.3 Å². The zero-order valence-electron chi connectivity index (χ0n) is 9.07. The van der Waals surface area contributed by atoms with Gasteiger partial charge in [-0.15, -0.1) is 0 Å². The molecule has 0 unspecified atom stereocenters. The van der Waals surface area contributed by atoms with Gasteiger partial charge in [-0.2, -0.15) is 15.0 Å². The van der Waals surface area contributed by atoms with Crippen molar-refractivity contribution in [2.45, 2.75) is 0 Å². The van der Waals surface area contributed by atoms with Crippen LogP contribution in [0.1, 0.15) is 0 Å². The molecule has 0 saturated heterocycles. The summed E-state index contributed by atoms with van der Waals surface area (Å²) in [5, 5.41) is 10.7. The lowest BCUT2D eigenvalue weighted by Crippen LogP contribution is -2.05. The molecule has 1 aromatic heterocycles. The van der Waals surface area contributed by atoms with Crippen molar-refractivity contribution in [1.82, 2.24) is 15.0 Å². The highest BCUT2D eigenvalue weighted by atomic mass is 16.6. The lowest BCUT2D eigenvalue weighted by Gasteiger charge is -2.05. The van der Waals surface area contributed by atoms with Gasteiger partial charge in [0.2, 0.25) is 11.9 Å². The third-order valence-electron chi connectivity index (χ3n) is 2.16. The number of hydrogen-bond acceptors (Lipinski definition) is 8. The van der Waals surface area contributed by atoms with Crippen LogP contribution in [0.5, 0.6) is 0 Å². The SMILES string of the molecule is Nc1nc(N)nc(-c2cc([N+](=O)[O-])ccc2N)n1. The number of nitrogens with zero attached hydrogens (tertiary/aromatic N) is 4. The number of aromatic nitrogens is 3. The van der Waals surface area contributed by atoms with Crippen LogP contribution in [0.2, 0.25) is 0 Å². The molecule has 9 heteroatoms. The molecule has 0 spiro atoms.